The molecule has 1 unspecified atom stereocenters. The van der Waals surface area contributed by atoms with Gasteiger partial charge in [0, 0.05) is 6.04 Å². The lowest BCUT2D eigenvalue weighted by atomic mass is 9.99. The van der Waals surface area contributed by atoms with Gasteiger partial charge in [0.05, 0.1) is 14.2 Å². The van der Waals surface area contributed by atoms with Crippen LogP contribution in [0.2, 0.25) is 0 Å². The normalized spacial score (nSPS) is 11.3. The van der Waals surface area contributed by atoms with Crippen molar-refractivity contribution in [2.24, 2.45) is 5.73 Å². The third-order valence-electron chi connectivity index (χ3n) is 3.11. The van der Waals surface area contributed by atoms with Crippen molar-refractivity contribution in [2.75, 3.05) is 14.2 Å². The predicted octanol–water partition coefficient (Wildman–Crippen LogP) is 3.37. The minimum Gasteiger partial charge on any atom is -0.497 e. The van der Waals surface area contributed by atoms with E-state index in [-0.39, 0.29) is 18.4 Å². The first-order valence-electron chi connectivity index (χ1n) is 6.25. The Morgan fingerprint density at radius 3 is 2.20 bits per heavy atom. The molecular weight excluding hydrogens is 274 g/mol. The molecule has 0 amide bonds. The molecule has 0 aliphatic rings. The summed E-state index contributed by atoms with van der Waals surface area (Å²) in [7, 11) is 3.33. The van der Waals surface area contributed by atoms with E-state index in [0.29, 0.717) is 0 Å². The van der Waals surface area contributed by atoms with Gasteiger partial charge in [0.1, 0.15) is 11.5 Å². The monoisotopic (exact) mass is 293 g/mol. The molecule has 0 aromatic heterocycles. The summed E-state index contributed by atoms with van der Waals surface area (Å²) in [6.07, 6.45) is 0.768. The zero-order valence-corrected chi connectivity index (χ0v) is 12.5. The number of benzene rings is 2. The summed E-state index contributed by atoms with van der Waals surface area (Å²) in [5.74, 6) is 1.69. The average Bonchev–Trinajstić information content (AvgIpc) is 2.47. The lowest BCUT2D eigenvalue weighted by molar-refractivity contribution is 0.413. The molecule has 0 fully saturated rings. The van der Waals surface area contributed by atoms with Crippen LogP contribution in [-0.4, -0.2) is 14.2 Å². The Bertz CT molecular complexity index is 546. The third-order valence-corrected chi connectivity index (χ3v) is 3.11. The summed E-state index contributed by atoms with van der Waals surface area (Å²) < 4.78 is 10.4. The highest BCUT2D eigenvalue weighted by atomic mass is 35.5. The van der Waals surface area contributed by atoms with E-state index >= 15 is 0 Å². The van der Waals surface area contributed by atoms with Crippen LogP contribution in [-0.2, 0) is 6.42 Å². The Labute approximate surface area is 126 Å². The van der Waals surface area contributed by atoms with Gasteiger partial charge >= 0.3 is 0 Å². The van der Waals surface area contributed by atoms with Crippen LogP contribution < -0.4 is 15.2 Å². The summed E-state index contributed by atoms with van der Waals surface area (Å²) in [6, 6.07) is 15.8. The molecule has 0 radical (unpaired) electrons. The van der Waals surface area contributed by atoms with E-state index in [9.17, 15) is 0 Å². The molecule has 0 aliphatic carbocycles. The Morgan fingerprint density at radius 2 is 1.55 bits per heavy atom. The molecule has 3 nitrogen and oxygen atoms in total. The topological polar surface area (TPSA) is 44.5 Å². The van der Waals surface area contributed by atoms with Gasteiger partial charge in [0.25, 0.3) is 0 Å². The molecule has 0 aliphatic heterocycles. The highest BCUT2D eigenvalue weighted by Crippen LogP contribution is 2.22. The molecule has 4 heteroatoms. The van der Waals surface area contributed by atoms with Gasteiger partial charge in [-0.05, 0) is 41.8 Å². The smallest absolute Gasteiger partial charge is 0.119 e. The summed E-state index contributed by atoms with van der Waals surface area (Å²) in [5, 5.41) is 0. The fraction of sp³-hybridized carbons (Fsp3) is 0.250. The zero-order chi connectivity index (χ0) is 13.7. The highest BCUT2D eigenvalue weighted by Gasteiger charge is 2.08. The molecule has 2 rings (SSSR count). The minimum atomic E-state index is -0.0535. The largest absolute Gasteiger partial charge is 0.497 e. The maximum Gasteiger partial charge on any atom is 0.119 e. The fourth-order valence-electron chi connectivity index (χ4n) is 2.04. The summed E-state index contributed by atoms with van der Waals surface area (Å²) in [5.41, 5.74) is 8.48. The lowest BCUT2D eigenvalue weighted by Gasteiger charge is -2.13. The number of nitrogens with two attached hydrogens (primary N) is 1. The van der Waals surface area contributed by atoms with Crippen molar-refractivity contribution < 1.29 is 9.47 Å². The maximum absolute atomic E-state index is 6.25. The first-order valence-corrected chi connectivity index (χ1v) is 6.25. The van der Waals surface area contributed by atoms with Crippen LogP contribution in [0.4, 0.5) is 0 Å². The zero-order valence-electron chi connectivity index (χ0n) is 11.7. The van der Waals surface area contributed by atoms with Crippen molar-refractivity contribution in [2.45, 2.75) is 12.5 Å². The quantitative estimate of drug-likeness (QED) is 0.919. The van der Waals surface area contributed by atoms with Crippen LogP contribution in [0.1, 0.15) is 17.2 Å². The van der Waals surface area contributed by atoms with Crippen molar-refractivity contribution in [3.05, 3.63) is 59.7 Å². The molecule has 2 N–H and O–H groups in total. The van der Waals surface area contributed by atoms with Gasteiger partial charge in [-0.25, -0.2) is 0 Å². The minimum absolute atomic E-state index is 0. The third kappa shape index (κ3) is 4.15. The summed E-state index contributed by atoms with van der Waals surface area (Å²) in [6.45, 7) is 0. The van der Waals surface area contributed by atoms with Crippen molar-refractivity contribution in [3.8, 4) is 11.5 Å². The van der Waals surface area contributed by atoms with Crippen LogP contribution in [0, 0.1) is 0 Å². The molecule has 0 saturated carbocycles. The number of methoxy groups -OCH3 is 2. The molecular formula is C16H20ClNO2. The van der Waals surface area contributed by atoms with Gasteiger partial charge in [0.15, 0.2) is 0 Å². The van der Waals surface area contributed by atoms with Crippen molar-refractivity contribution in [3.63, 3.8) is 0 Å². The second-order valence-electron chi connectivity index (χ2n) is 4.44. The van der Waals surface area contributed by atoms with Gasteiger partial charge in [-0.1, -0.05) is 24.3 Å². The summed E-state index contributed by atoms with van der Waals surface area (Å²) in [4.78, 5) is 0. The molecule has 0 spiro atoms. The second-order valence-corrected chi connectivity index (χ2v) is 4.44. The fourth-order valence-corrected chi connectivity index (χ4v) is 2.04. The SMILES string of the molecule is COc1cccc(CC(N)c2cccc(OC)c2)c1.Cl. The van der Waals surface area contributed by atoms with Gasteiger partial charge in [0.2, 0.25) is 0 Å². The molecule has 0 heterocycles. The Hall–Kier alpha value is -1.71. The van der Waals surface area contributed by atoms with Gasteiger partial charge in [-0.3, -0.25) is 0 Å². The van der Waals surface area contributed by atoms with Crippen LogP contribution in [0.5, 0.6) is 11.5 Å². The molecule has 1 atom stereocenters. The van der Waals surface area contributed by atoms with Crippen molar-refractivity contribution in [1.29, 1.82) is 0 Å². The lowest BCUT2D eigenvalue weighted by Crippen LogP contribution is -2.13. The maximum atomic E-state index is 6.25. The predicted molar refractivity (Wildman–Crippen MR) is 83.9 cm³/mol. The van der Waals surface area contributed by atoms with Crippen molar-refractivity contribution in [1.82, 2.24) is 0 Å². The number of halogens is 1. The molecule has 20 heavy (non-hydrogen) atoms. The van der Waals surface area contributed by atoms with Crippen molar-refractivity contribution >= 4 is 12.4 Å². The van der Waals surface area contributed by atoms with Crippen LogP contribution in [0.15, 0.2) is 48.5 Å². The van der Waals surface area contributed by atoms with Crippen LogP contribution in [0.25, 0.3) is 0 Å². The number of hydrogen-bond donors (Lipinski definition) is 1. The summed E-state index contributed by atoms with van der Waals surface area (Å²) >= 11 is 0. The molecule has 2 aromatic rings. The molecule has 2 aromatic carbocycles. The van der Waals surface area contributed by atoms with Crippen LogP contribution >= 0.6 is 12.4 Å². The molecule has 0 bridgehead atoms. The van der Waals surface area contributed by atoms with E-state index in [1.54, 1.807) is 14.2 Å². The first kappa shape index (κ1) is 16.3. The highest BCUT2D eigenvalue weighted by molar-refractivity contribution is 5.85. The van der Waals surface area contributed by atoms with E-state index in [4.69, 9.17) is 15.2 Å². The van der Waals surface area contributed by atoms with Gasteiger partial charge in [-0.15, -0.1) is 12.4 Å². The number of ether oxygens (including phenoxy) is 2. The first-order chi connectivity index (χ1) is 9.22. The molecule has 108 valence electrons. The van der Waals surface area contributed by atoms with Gasteiger partial charge in [-0.2, -0.15) is 0 Å². The number of hydrogen-bond acceptors (Lipinski definition) is 3. The standard InChI is InChI=1S/C16H19NO2.ClH/c1-18-14-7-3-5-12(9-14)10-16(17)13-6-4-8-15(11-13)19-2;/h3-9,11,16H,10,17H2,1-2H3;1H. The van der Waals surface area contributed by atoms with E-state index in [1.807, 2.05) is 42.5 Å². The van der Waals surface area contributed by atoms with Crippen LogP contribution in [0.3, 0.4) is 0 Å². The Kier molecular flexibility index (Phi) is 6.36. The Balaban J connectivity index is 0.00000200. The van der Waals surface area contributed by atoms with Gasteiger partial charge < -0.3 is 15.2 Å². The molecule has 0 saturated heterocycles. The van der Waals surface area contributed by atoms with E-state index < -0.39 is 0 Å². The van der Waals surface area contributed by atoms with E-state index in [1.165, 1.54) is 0 Å². The van der Waals surface area contributed by atoms with E-state index in [2.05, 4.69) is 6.07 Å². The van der Waals surface area contributed by atoms with E-state index in [0.717, 1.165) is 29.0 Å². The number of rotatable bonds is 5. The average molecular weight is 294 g/mol. The second kappa shape index (κ2) is 7.78. The Morgan fingerprint density at radius 1 is 0.950 bits per heavy atom.